The zero-order valence-corrected chi connectivity index (χ0v) is 11.2. The predicted octanol–water partition coefficient (Wildman–Crippen LogP) is 3.50. The van der Waals surface area contributed by atoms with Crippen LogP contribution in [0.5, 0.6) is 0 Å². The Morgan fingerprint density at radius 1 is 1.05 bits per heavy atom. The Morgan fingerprint density at radius 2 is 1.76 bits per heavy atom. The number of rotatable bonds is 2. The molecule has 0 spiro atoms. The number of hydrogen-bond donors (Lipinski definition) is 2. The quantitative estimate of drug-likeness (QED) is 0.708. The molecule has 1 fully saturated rings. The number of imidazole rings is 1. The van der Waals surface area contributed by atoms with Crippen molar-refractivity contribution in [2.45, 2.75) is 18.3 Å². The van der Waals surface area contributed by atoms with E-state index in [1.165, 1.54) is 6.07 Å². The molecular weight excluding hydrogens is 272 g/mol. The maximum atomic E-state index is 13.8. The van der Waals surface area contributed by atoms with Gasteiger partial charge in [-0.15, -0.1) is 0 Å². The Morgan fingerprint density at radius 3 is 2.43 bits per heavy atom. The number of anilines is 1. The second-order valence-corrected chi connectivity index (χ2v) is 5.55. The van der Waals surface area contributed by atoms with Gasteiger partial charge in [0, 0.05) is 5.69 Å². The number of aromatic nitrogens is 2. The van der Waals surface area contributed by atoms with Gasteiger partial charge in [-0.05, 0) is 42.7 Å². The van der Waals surface area contributed by atoms with E-state index >= 15 is 0 Å². The summed E-state index contributed by atoms with van der Waals surface area (Å²) in [5, 5.41) is 0. The van der Waals surface area contributed by atoms with Crippen molar-refractivity contribution in [3.05, 3.63) is 59.4 Å². The van der Waals surface area contributed by atoms with Crippen LogP contribution in [0.3, 0.4) is 0 Å². The first-order chi connectivity index (χ1) is 10.1. The second kappa shape index (κ2) is 4.04. The Bertz CT molecular complexity index is 833. The van der Waals surface area contributed by atoms with Crippen molar-refractivity contribution < 1.29 is 8.78 Å². The Labute approximate surface area is 119 Å². The van der Waals surface area contributed by atoms with E-state index in [-0.39, 0.29) is 10.9 Å². The summed E-state index contributed by atoms with van der Waals surface area (Å²) in [6, 6.07) is 10.3. The molecule has 106 valence electrons. The molecule has 3 aromatic rings. The fourth-order valence-corrected chi connectivity index (χ4v) is 2.83. The number of nitrogens with zero attached hydrogens (tertiary/aromatic N) is 1. The highest BCUT2D eigenvalue weighted by Crippen LogP contribution is 2.52. The lowest BCUT2D eigenvalue weighted by molar-refractivity contribution is 0.515. The summed E-state index contributed by atoms with van der Waals surface area (Å²) >= 11 is 0. The summed E-state index contributed by atoms with van der Waals surface area (Å²) in [7, 11) is 0. The monoisotopic (exact) mass is 285 g/mol. The minimum Gasteiger partial charge on any atom is -0.399 e. The molecule has 3 nitrogen and oxygen atoms in total. The van der Waals surface area contributed by atoms with Gasteiger partial charge in [0.2, 0.25) is 0 Å². The van der Waals surface area contributed by atoms with Gasteiger partial charge in [-0.2, -0.15) is 0 Å². The van der Waals surface area contributed by atoms with Crippen molar-refractivity contribution in [2.75, 3.05) is 5.73 Å². The van der Waals surface area contributed by atoms with Crippen LogP contribution in [-0.4, -0.2) is 9.97 Å². The standard InChI is InChI=1S/C16H13F2N3/c17-11-5-6-12-14(13(11)18)21-15(20-12)16(7-8-16)9-1-3-10(19)4-2-9/h1-6H,7-8,19H2,(H,20,21). The minimum atomic E-state index is -0.900. The minimum absolute atomic E-state index is 0.0618. The number of nitrogens with one attached hydrogen (secondary N) is 1. The maximum Gasteiger partial charge on any atom is 0.186 e. The molecule has 1 aliphatic carbocycles. The molecule has 1 saturated carbocycles. The van der Waals surface area contributed by atoms with Crippen molar-refractivity contribution in [1.29, 1.82) is 0 Å². The van der Waals surface area contributed by atoms with Gasteiger partial charge in [-0.25, -0.2) is 13.8 Å². The third kappa shape index (κ3) is 1.73. The highest BCUT2D eigenvalue weighted by molar-refractivity contribution is 5.76. The SMILES string of the molecule is Nc1ccc(C2(c3nc4c(F)c(F)ccc4[nH]3)CC2)cc1. The highest BCUT2D eigenvalue weighted by atomic mass is 19.2. The van der Waals surface area contributed by atoms with E-state index in [1.807, 2.05) is 24.3 Å². The Kier molecular flexibility index (Phi) is 2.37. The van der Waals surface area contributed by atoms with Crippen molar-refractivity contribution in [1.82, 2.24) is 9.97 Å². The summed E-state index contributed by atoms with van der Waals surface area (Å²) in [5.41, 5.74) is 7.86. The van der Waals surface area contributed by atoms with E-state index < -0.39 is 11.6 Å². The summed E-state index contributed by atoms with van der Waals surface area (Å²) in [6.45, 7) is 0. The molecule has 0 amide bonds. The summed E-state index contributed by atoms with van der Waals surface area (Å²) in [6.07, 6.45) is 1.86. The van der Waals surface area contributed by atoms with Gasteiger partial charge < -0.3 is 10.7 Å². The second-order valence-electron chi connectivity index (χ2n) is 5.55. The zero-order valence-electron chi connectivity index (χ0n) is 11.2. The van der Waals surface area contributed by atoms with Crippen LogP contribution in [-0.2, 0) is 5.41 Å². The first kappa shape index (κ1) is 12.3. The summed E-state index contributed by atoms with van der Waals surface area (Å²) in [4.78, 5) is 7.43. The van der Waals surface area contributed by atoms with E-state index in [4.69, 9.17) is 5.73 Å². The van der Waals surface area contributed by atoms with Crippen LogP contribution in [0.1, 0.15) is 24.2 Å². The molecule has 3 N–H and O–H groups in total. The number of fused-ring (bicyclic) bond motifs is 1. The van der Waals surface area contributed by atoms with E-state index in [0.717, 1.165) is 24.5 Å². The molecule has 1 aromatic heterocycles. The van der Waals surface area contributed by atoms with Crippen molar-refractivity contribution in [2.24, 2.45) is 0 Å². The molecule has 0 bridgehead atoms. The van der Waals surface area contributed by atoms with Crippen LogP contribution in [0.2, 0.25) is 0 Å². The molecule has 0 atom stereocenters. The molecular formula is C16H13F2N3. The number of H-pyrrole nitrogens is 1. The first-order valence-corrected chi connectivity index (χ1v) is 6.80. The summed E-state index contributed by atoms with van der Waals surface area (Å²) < 4.78 is 27.1. The first-order valence-electron chi connectivity index (χ1n) is 6.80. The number of benzene rings is 2. The van der Waals surface area contributed by atoms with E-state index in [9.17, 15) is 8.78 Å². The number of halogens is 2. The topological polar surface area (TPSA) is 54.7 Å². The average molecular weight is 285 g/mol. The van der Waals surface area contributed by atoms with Gasteiger partial charge >= 0.3 is 0 Å². The van der Waals surface area contributed by atoms with Crippen molar-refractivity contribution in [3.8, 4) is 0 Å². The molecule has 5 heteroatoms. The molecule has 4 rings (SSSR count). The molecule has 0 saturated heterocycles. The van der Waals surface area contributed by atoms with Crippen LogP contribution in [0.15, 0.2) is 36.4 Å². The van der Waals surface area contributed by atoms with Gasteiger partial charge in [0.1, 0.15) is 11.3 Å². The third-order valence-electron chi connectivity index (χ3n) is 4.21. The normalized spacial score (nSPS) is 16.3. The van der Waals surface area contributed by atoms with Gasteiger partial charge in [-0.3, -0.25) is 0 Å². The fourth-order valence-electron chi connectivity index (χ4n) is 2.83. The molecule has 2 aromatic carbocycles. The molecule has 0 unspecified atom stereocenters. The van der Waals surface area contributed by atoms with Crippen molar-refractivity contribution in [3.63, 3.8) is 0 Å². The smallest absolute Gasteiger partial charge is 0.186 e. The van der Waals surface area contributed by atoms with Gasteiger partial charge in [-0.1, -0.05) is 12.1 Å². The number of aromatic amines is 1. The fraction of sp³-hybridized carbons (Fsp3) is 0.188. The Hall–Kier alpha value is -2.43. The summed E-state index contributed by atoms with van der Waals surface area (Å²) in [5.74, 6) is -1.09. The Balaban J connectivity index is 1.86. The molecule has 1 aliphatic rings. The van der Waals surface area contributed by atoms with Crippen LogP contribution in [0.4, 0.5) is 14.5 Å². The van der Waals surface area contributed by atoms with E-state index in [2.05, 4.69) is 9.97 Å². The zero-order chi connectivity index (χ0) is 14.6. The largest absolute Gasteiger partial charge is 0.399 e. The van der Waals surface area contributed by atoms with Gasteiger partial charge in [0.25, 0.3) is 0 Å². The van der Waals surface area contributed by atoms with Crippen LogP contribution >= 0.6 is 0 Å². The predicted molar refractivity (Wildman–Crippen MR) is 76.9 cm³/mol. The number of nitrogens with two attached hydrogens (primary N) is 1. The van der Waals surface area contributed by atoms with E-state index in [0.29, 0.717) is 17.0 Å². The lowest BCUT2D eigenvalue weighted by Gasteiger charge is -2.12. The van der Waals surface area contributed by atoms with Crippen molar-refractivity contribution >= 4 is 16.7 Å². The lowest BCUT2D eigenvalue weighted by Crippen LogP contribution is -2.10. The maximum absolute atomic E-state index is 13.8. The number of hydrogen-bond acceptors (Lipinski definition) is 2. The van der Waals surface area contributed by atoms with Gasteiger partial charge in [0.05, 0.1) is 10.9 Å². The molecule has 0 aliphatic heterocycles. The number of nitrogen functional groups attached to an aromatic ring is 1. The average Bonchev–Trinajstić information content (AvgIpc) is 3.17. The third-order valence-corrected chi connectivity index (χ3v) is 4.21. The highest BCUT2D eigenvalue weighted by Gasteiger charge is 2.48. The molecule has 21 heavy (non-hydrogen) atoms. The van der Waals surface area contributed by atoms with Crippen LogP contribution in [0, 0.1) is 11.6 Å². The lowest BCUT2D eigenvalue weighted by atomic mass is 9.95. The van der Waals surface area contributed by atoms with Crippen LogP contribution < -0.4 is 5.73 Å². The van der Waals surface area contributed by atoms with Crippen LogP contribution in [0.25, 0.3) is 11.0 Å². The van der Waals surface area contributed by atoms with E-state index in [1.54, 1.807) is 0 Å². The van der Waals surface area contributed by atoms with Gasteiger partial charge in [0.15, 0.2) is 11.6 Å². The molecule has 1 heterocycles. The molecule has 0 radical (unpaired) electrons.